The highest BCUT2D eigenvalue weighted by atomic mass is 16.2. The molecule has 0 fully saturated rings. The summed E-state index contributed by atoms with van der Waals surface area (Å²) in [6, 6.07) is 16.4. The van der Waals surface area contributed by atoms with Crippen LogP contribution >= 0.6 is 0 Å². The largest absolute Gasteiger partial charge is 0.351 e. The van der Waals surface area contributed by atoms with E-state index in [1.54, 1.807) is 11.7 Å². The molecule has 1 heterocycles. The van der Waals surface area contributed by atoms with Crippen LogP contribution in [0.2, 0.25) is 0 Å². The molecule has 0 atom stereocenters. The number of amides is 4. The Labute approximate surface area is 228 Å². The average Bonchev–Trinajstić information content (AvgIpc) is 3.36. The van der Waals surface area contributed by atoms with Crippen LogP contribution in [0.1, 0.15) is 37.6 Å². The quantitative estimate of drug-likeness (QED) is 0.426. The highest BCUT2D eigenvalue weighted by Crippen LogP contribution is 2.27. The van der Waals surface area contributed by atoms with E-state index in [2.05, 4.69) is 16.0 Å². The maximum absolute atomic E-state index is 12.7. The number of aryl methyl sites for hydroxylation is 1. The number of hydrogen-bond donors (Lipinski definition) is 3. The van der Waals surface area contributed by atoms with Gasteiger partial charge in [-0.25, -0.2) is 9.48 Å². The Morgan fingerprint density at radius 1 is 0.949 bits per heavy atom. The number of hydrogen-bond acceptors (Lipinski definition) is 6. The highest BCUT2D eigenvalue weighted by molar-refractivity contribution is 6.34. The lowest BCUT2D eigenvalue weighted by atomic mass is 9.92. The summed E-state index contributed by atoms with van der Waals surface area (Å²) >= 11 is 0. The number of carbonyl (C=O) groups excluding carboxylic acids is 5. The van der Waals surface area contributed by atoms with E-state index >= 15 is 0 Å². The van der Waals surface area contributed by atoms with Crippen LogP contribution < -0.4 is 16.0 Å². The zero-order chi connectivity index (χ0) is 29.8. The zero-order valence-electron chi connectivity index (χ0n) is 23.2. The standard InChI is InChI=1S/C26H32N6O3.2CH2O/c1-17-10-12-19(13-11-17)28-25(35)29-22-15-21(26(2,3)4)30-32(22)20-9-7-8-18(14-20)16-31(6)24(34)23(33)27-5;2*1-2/h7-15H,16H2,1-6H3,(H,27,33)(H2,28,29,35);2*1H2. The monoisotopic (exact) mass is 536 g/mol. The van der Waals surface area contributed by atoms with E-state index in [0.717, 1.165) is 16.8 Å². The molecule has 0 spiro atoms. The van der Waals surface area contributed by atoms with Crippen molar-refractivity contribution in [1.29, 1.82) is 0 Å². The van der Waals surface area contributed by atoms with Crippen molar-refractivity contribution >= 4 is 42.9 Å². The molecule has 0 radical (unpaired) electrons. The predicted molar refractivity (Wildman–Crippen MR) is 151 cm³/mol. The normalized spacial score (nSPS) is 10.1. The molecule has 2 aromatic carbocycles. The summed E-state index contributed by atoms with van der Waals surface area (Å²) in [7, 11) is 2.99. The fourth-order valence-corrected chi connectivity index (χ4v) is 3.36. The lowest BCUT2D eigenvalue weighted by Crippen LogP contribution is -2.39. The lowest BCUT2D eigenvalue weighted by molar-refractivity contribution is -0.145. The molecule has 0 unspecified atom stereocenters. The van der Waals surface area contributed by atoms with Crippen LogP contribution in [0.3, 0.4) is 0 Å². The second-order valence-electron chi connectivity index (χ2n) is 9.43. The van der Waals surface area contributed by atoms with E-state index in [-0.39, 0.29) is 18.0 Å². The molecular weight excluding hydrogens is 500 g/mol. The highest BCUT2D eigenvalue weighted by Gasteiger charge is 2.22. The van der Waals surface area contributed by atoms with Gasteiger partial charge in [-0.1, -0.05) is 50.6 Å². The molecule has 3 rings (SSSR count). The van der Waals surface area contributed by atoms with Crippen molar-refractivity contribution in [3.63, 3.8) is 0 Å². The van der Waals surface area contributed by atoms with Gasteiger partial charge in [0.2, 0.25) is 0 Å². The van der Waals surface area contributed by atoms with Crippen LogP contribution in [0.25, 0.3) is 5.69 Å². The topological polar surface area (TPSA) is 142 Å². The molecule has 208 valence electrons. The van der Waals surface area contributed by atoms with E-state index in [1.807, 2.05) is 95.9 Å². The van der Waals surface area contributed by atoms with Crippen LogP contribution in [0, 0.1) is 6.92 Å². The molecular formula is C28H36N6O5. The summed E-state index contributed by atoms with van der Waals surface area (Å²) in [6.45, 7) is 12.4. The summed E-state index contributed by atoms with van der Waals surface area (Å²) in [5.41, 5.74) is 3.87. The minimum Gasteiger partial charge on any atom is -0.351 e. The lowest BCUT2D eigenvalue weighted by Gasteiger charge is -2.17. The van der Waals surface area contributed by atoms with Crippen LogP contribution in [0.5, 0.6) is 0 Å². The Morgan fingerprint density at radius 3 is 2.13 bits per heavy atom. The first-order valence-corrected chi connectivity index (χ1v) is 11.9. The molecule has 0 aliphatic heterocycles. The van der Waals surface area contributed by atoms with E-state index in [1.165, 1.54) is 11.9 Å². The molecule has 4 amide bonds. The fourth-order valence-electron chi connectivity index (χ4n) is 3.36. The number of rotatable bonds is 5. The first kappa shape index (κ1) is 32.2. The van der Waals surface area contributed by atoms with E-state index in [9.17, 15) is 14.4 Å². The minimum atomic E-state index is -0.670. The number of aromatic nitrogens is 2. The molecule has 1 aromatic heterocycles. The maximum atomic E-state index is 12.7. The van der Waals surface area contributed by atoms with E-state index in [0.29, 0.717) is 17.2 Å². The third kappa shape index (κ3) is 9.22. The average molecular weight is 537 g/mol. The molecule has 11 heteroatoms. The van der Waals surface area contributed by atoms with Gasteiger partial charge in [0.25, 0.3) is 0 Å². The van der Waals surface area contributed by atoms with Crippen molar-refractivity contribution in [3.05, 3.63) is 71.4 Å². The Morgan fingerprint density at radius 2 is 1.56 bits per heavy atom. The van der Waals surface area contributed by atoms with Gasteiger partial charge in [0.1, 0.15) is 19.4 Å². The summed E-state index contributed by atoms with van der Waals surface area (Å²) < 4.78 is 1.67. The summed E-state index contributed by atoms with van der Waals surface area (Å²) in [4.78, 5) is 53.9. The van der Waals surface area contributed by atoms with Crippen molar-refractivity contribution in [3.8, 4) is 5.69 Å². The molecule has 11 nitrogen and oxygen atoms in total. The van der Waals surface area contributed by atoms with Crippen molar-refractivity contribution in [2.75, 3.05) is 24.7 Å². The Balaban J connectivity index is 0.00000181. The minimum absolute atomic E-state index is 0.240. The number of anilines is 2. The summed E-state index contributed by atoms with van der Waals surface area (Å²) in [5, 5.41) is 12.8. The summed E-state index contributed by atoms with van der Waals surface area (Å²) in [6.07, 6.45) is 0. The molecule has 0 saturated carbocycles. The van der Waals surface area contributed by atoms with Crippen LogP contribution in [0.4, 0.5) is 16.3 Å². The van der Waals surface area contributed by atoms with Gasteiger partial charge in [0.15, 0.2) is 0 Å². The van der Waals surface area contributed by atoms with Crippen molar-refractivity contribution in [1.82, 2.24) is 20.0 Å². The molecule has 0 saturated heterocycles. The molecule has 0 aliphatic carbocycles. The number of nitrogens with zero attached hydrogens (tertiary/aromatic N) is 3. The van der Waals surface area contributed by atoms with Gasteiger partial charge in [-0.2, -0.15) is 5.10 Å². The van der Waals surface area contributed by atoms with Gasteiger partial charge >= 0.3 is 17.8 Å². The Hall–Kier alpha value is -4.80. The summed E-state index contributed by atoms with van der Waals surface area (Å²) in [5.74, 6) is -0.787. The van der Waals surface area contributed by atoms with Crippen LogP contribution in [-0.4, -0.2) is 60.2 Å². The van der Waals surface area contributed by atoms with Gasteiger partial charge < -0.3 is 25.1 Å². The second kappa shape index (κ2) is 14.8. The van der Waals surface area contributed by atoms with Crippen molar-refractivity contribution < 1.29 is 24.0 Å². The molecule has 3 aromatic rings. The number of carbonyl (C=O) groups is 5. The smallest absolute Gasteiger partial charge is 0.324 e. The Bertz CT molecular complexity index is 1260. The third-order valence-corrected chi connectivity index (χ3v) is 5.37. The number of likely N-dealkylation sites (N-methyl/N-ethyl adjacent to an activating group) is 2. The number of benzene rings is 2. The molecule has 39 heavy (non-hydrogen) atoms. The third-order valence-electron chi connectivity index (χ3n) is 5.37. The maximum Gasteiger partial charge on any atom is 0.324 e. The van der Waals surface area contributed by atoms with Crippen LogP contribution in [0.15, 0.2) is 54.6 Å². The molecule has 3 N–H and O–H groups in total. The zero-order valence-corrected chi connectivity index (χ0v) is 23.2. The molecule has 0 aliphatic rings. The number of urea groups is 1. The van der Waals surface area contributed by atoms with Gasteiger partial charge in [0, 0.05) is 37.8 Å². The Kier molecular flexibility index (Phi) is 12.2. The van der Waals surface area contributed by atoms with Crippen molar-refractivity contribution in [2.24, 2.45) is 0 Å². The van der Waals surface area contributed by atoms with Gasteiger partial charge in [-0.15, -0.1) is 0 Å². The predicted octanol–water partition coefficient (Wildman–Crippen LogP) is 3.46. The van der Waals surface area contributed by atoms with Gasteiger partial charge in [-0.3, -0.25) is 14.9 Å². The van der Waals surface area contributed by atoms with Crippen molar-refractivity contribution in [2.45, 2.75) is 39.7 Å². The van der Waals surface area contributed by atoms with E-state index < -0.39 is 11.8 Å². The molecule has 0 bridgehead atoms. The fraction of sp³-hybridized carbons (Fsp3) is 0.286. The number of nitrogens with one attached hydrogen (secondary N) is 3. The van der Waals surface area contributed by atoms with E-state index in [4.69, 9.17) is 14.7 Å². The van der Waals surface area contributed by atoms with Crippen LogP contribution in [-0.2, 0) is 31.1 Å². The first-order valence-electron chi connectivity index (χ1n) is 11.9. The van der Waals surface area contributed by atoms with Gasteiger partial charge in [-0.05, 0) is 36.8 Å². The SMILES string of the molecule is C=O.C=O.CNC(=O)C(=O)N(C)Cc1cccc(-n2nc(C(C)(C)C)cc2NC(=O)Nc2ccc(C)cc2)c1. The second-order valence-corrected chi connectivity index (χ2v) is 9.43. The first-order chi connectivity index (χ1) is 18.5. The van der Waals surface area contributed by atoms with Gasteiger partial charge in [0.05, 0.1) is 11.4 Å².